The summed E-state index contributed by atoms with van der Waals surface area (Å²) in [5.74, 6) is -1.39. The van der Waals surface area contributed by atoms with Crippen molar-refractivity contribution in [1.29, 1.82) is 0 Å². The lowest BCUT2D eigenvalue weighted by Gasteiger charge is -2.36. The first-order valence-corrected chi connectivity index (χ1v) is 15.2. The fourth-order valence-electron chi connectivity index (χ4n) is 4.10. The summed E-state index contributed by atoms with van der Waals surface area (Å²) in [6.07, 6.45) is -0.0158. The Morgan fingerprint density at radius 2 is 1.65 bits per heavy atom. The van der Waals surface area contributed by atoms with Crippen molar-refractivity contribution >= 4 is 37.3 Å². The third-order valence-electron chi connectivity index (χ3n) is 5.92. The number of halogens is 1. The van der Waals surface area contributed by atoms with Crippen molar-refractivity contribution in [3.05, 3.63) is 34.9 Å². The van der Waals surface area contributed by atoms with E-state index in [1.807, 2.05) is 45.0 Å². The first-order chi connectivity index (χ1) is 18.2. The number of rotatable bonds is 15. The van der Waals surface area contributed by atoms with Gasteiger partial charge >= 0.3 is 19.8 Å². The lowest BCUT2D eigenvalue weighted by Crippen LogP contribution is -2.56. The Bertz CT molecular complexity index is 1040. The van der Waals surface area contributed by atoms with Gasteiger partial charge in [0, 0.05) is 18.1 Å². The van der Waals surface area contributed by atoms with Crippen molar-refractivity contribution in [2.45, 2.75) is 86.0 Å². The van der Waals surface area contributed by atoms with Crippen LogP contribution >= 0.6 is 19.4 Å². The summed E-state index contributed by atoms with van der Waals surface area (Å²) in [6.45, 7) is 15.0. The number of phosphoric ester groups is 1. The molecule has 0 saturated heterocycles. The van der Waals surface area contributed by atoms with E-state index in [4.69, 9.17) is 26.1 Å². The molecule has 0 saturated carbocycles. The van der Waals surface area contributed by atoms with Gasteiger partial charge in [-0.15, -0.1) is 0 Å². The first kappa shape index (κ1) is 35.9. The Kier molecular flexibility index (Phi) is 13.6. The molecule has 3 amide bonds. The minimum absolute atomic E-state index is 0.126. The Morgan fingerprint density at radius 1 is 1.07 bits per heavy atom. The lowest BCUT2D eigenvalue weighted by molar-refractivity contribution is -0.164. The third kappa shape index (κ3) is 13.5. The van der Waals surface area contributed by atoms with Gasteiger partial charge in [0.05, 0.1) is 6.54 Å². The van der Waals surface area contributed by atoms with Crippen LogP contribution in [0.15, 0.2) is 24.3 Å². The lowest BCUT2D eigenvalue weighted by atomic mass is 9.84. The number of hydrogen-bond donors (Lipinski definition) is 4. The van der Waals surface area contributed by atoms with Crippen molar-refractivity contribution in [2.24, 2.45) is 11.3 Å². The van der Waals surface area contributed by atoms with Crippen LogP contribution in [0.25, 0.3) is 0 Å². The van der Waals surface area contributed by atoms with E-state index < -0.39 is 37.6 Å². The van der Waals surface area contributed by atoms with Crippen molar-refractivity contribution in [3.63, 3.8) is 0 Å². The molecule has 11 nitrogen and oxygen atoms in total. The molecule has 1 aromatic carbocycles. The molecule has 0 aliphatic carbocycles. The van der Waals surface area contributed by atoms with E-state index in [9.17, 15) is 18.9 Å². The molecule has 0 bridgehead atoms. The normalized spacial score (nSPS) is 13.9. The van der Waals surface area contributed by atoms with Crippen LogP contribution in [-0.4, -0.2) is 70.0 Å². The number of nitrogens with zero attached hydrogens (tertiary/aromatic N) is 1. The molecule has 0 aliphatic rings. The van der Waals surface area contributed by atoms with Gasteiger partial charge in [0.1, 0.15) is 11.6 Å². The van der Waals surface area contributed by atoms with Gasteiger partial charge in [-0.1, -0.05) is 58.4 Å². The summed E-state index contributed by atoms with van der Waals surface area (Å²) in [6, 6.07) is 6.23. The molecule has 0 aromatic heterocycles. The quantitative estimate of drug-likeness (QED) is 0.170. The molecular formula is C27H45ClN3O8P. The molecule has 2 atom stereocenters. The van der Waals surface area contributed by atoms with E-state index >= 15 is 0 Å². The minimum atomic E-state index is -4.88. The Hall–Kier alpha value is -2.17. The Balaban J connectivity index is 2.84. The van der Waals surface area contributed by atoms with Crippen molar-refractivity contribution in [2.75, 3.05) is 19.6 Å². The summed E-state index contributed by atoms with van der Waals surface area (Å²) in [5, 5.41) is 6.03. The van der Waals surface area contributed by atoms with Crippen LogP contribution in [0.4, 0.5) is 4.79 Å². The average Bonchev–Trinajstić information content (AvgIpc) is 2.80. The van der Waals surface area contributed by atoms with Crippen LogP contribution in [0.3, 0.4) is 0 Å². The number of nitrogens with one attached hydrogen (secondary N) is 2. The summed E-state index contributed by atoms with van der Waals surface area (Å²) in [5.41, 5.74) is -0.350. The van der Waals surface area contributed by atoms with Gasteiger partial charge < -0.3 is 30.1 Å². The molecule has 1 rings (SSSR count). The van der Waals surface area contributed by atoms with Crippen LogP contribution in [0, 0.1) is 11.3 Å². The molecule has 0 aliphatic heterocycles. The SMILES string of the molecule is CCCN(CC(C)(C)Cc1ccc(Cl)cc1)C(=O)C(NC(=O)NCC(C)(C)OC(=O)C(C)OP(=O)(O)O)C(C)C. The summed E-state index contributed by atoms with van der Waals surface area (Å²) < 4.78 is 20.5. The van der Waals surface area contributed by atoms with E-state index in [0.717, 1.165) is 25.3 Å². The summed E-state index contributed by atoms with van der Waals surface area (Å²) in [4.78, 5) is 58.1. The minimum Gasteiger partial charge on any atom is -0.456 e. The van der Waals surface area contributed by atoms with Gasteiger partial charge in [-0.25, -0.2) is 14.2 Å². The van der Waals surface area contributed by atoms with Crippen molar-refractivity contribution < 1.29 is 38.0 Å². The standard InChI is InChI=1S/C27H45ClN3O8P/c1-9-14-31(17-26(5,6)15-20-10-12-21(28)13-11-20)23(32)22(18(2)3)30-25(34)29-16-27(7,8)38-24(33)19(4)39-40(35,36)37/h10-13,18-19,22H,9,14-17H2,1-8H3,(H2,29,30,34)(H2,35,36,37). The van der Waals surface area contributed by atoms with Crippen LogP contribution in [-0.2, 0) is 29.8 Å². The largest absolute Gasteiger partial charge is 0.470 e. The molecule has 2 unspecified atom stereocenters. The van der Waals surface area contributed by atoms with Crippen molar-refractivity contribution in [3.8, 4) is 0 Å². The maximum Gasteiger partial charge on any atom is 0.470 e. The topological polar surface area (TPSA) is 154 Å². The molecule has 40 heavy (non-hydrogen) atoms. The number of esters is 1. The first-order valence-electron chi connectivity index (χ1n) is 13.3. The van der Waals surface area contributed by atoms with E-state index in [1.165, 1.54) is 13.8 Å². The molecule has 0 radical (unpaired) electrons. The number of amides is 3. The summed E-state index contributed by atoms with van der Waals surface area (Å²) in [7, 11) is -4.88. The second-order valence-electron chi connectivity index (χ2n) is 11.7. The second-order valence-corrected chi connectivity index (χ2v) is 13.3. The number of hydrogen-bond acceptors (Lipinski definition) is 6. The van der Waals surface area contributed by atoms with E-state index in [2.05, 4.69) is 29.0 Å². The van der Waals surface area contributed by atoms with Gasteiger partial charge in [-0.2, -0.15) is 0 Å². The number of carbonyl (C=O) groups excluding carboxylic acids is 3. The van der Waals surface area contributed by atoms with E-state index in [-0.39, 0.29) is 23.8 Å². The highest BCUT2D eigenvalue weighted by Crippen LogP contribution is 2.37. The van der Waals surface area contributed by atoms with Crippen molar-refractivity contribution in [1.82, 2.24) is 15.5 Å². The number of urea groups is 1. The number of phosphoric acid groups is 1. The van der Waals surface area contributed by atoms with E-state index in [1.54, 1.807) is 4.90 Å². The Labute approximate surface area is 242 Å². The smallest absolute Gasteiger partial charge is 0.456 e. The predicted molar refractivity (Wildman–Crippen MR) is 154 cm³/mol. The fraction of sp³-hybridized carbons (Fsp3) is 0.667. The molecule has 0 heterocycles. The molecule has 1 aromatic rings. The Morgan fingerprint density at radius 3 is 2.15 bits per heavy atom. The highest BCUT2D eigenvalue weighted by Gasteiger charge is 2.34. The second kappa shape index (κ2) is 15.2. The van der Waals surface area contributed by atoms with Crippen LogP contribution in [0.5, 0.6) is 0 Å². The highest BCUT2D eigenvalue weighted by atomic mass is 35.5. The third-order valence-corrected chi connectivity index (χ3v) is 6.76. The van der Waals surface area contributed by atoms with Gasteiger partial charge in [-0.3, -0.25) is 9.32 Å². The van der Waals surface area contributed by atoms with Crippen LogP contribution < -0.4 is 10.6 Å². The van der Waals surface area contributed by atoms with Gasteiger partial charge in [0.2, 0.25) is 5.91 Å². The zero-order valence-corrected chi connectivity index (χ0v) is 26.3. The van der Waals surface area contributed by atoms with Gasteiger partial charge in [0.15, 0.2) is 6.10 Å². The number of benzene rings is 1. The van der Waals surface area contributed by atoms with Crippen LogP contribution in [0.2, 0.25) is 5.02 Å². The highest BCUT2D eigenvalue weighted by molar-refractivity contribution is 7.46. The van der Waals surface area contributed by atoms with Crippen LogP contribution in [0.1, 0.15) is 67.4 Å². The monoisotopic (exact) mass is 605 g/mol. The zero-order valence-electron chi connectivity index (χ0n) is 24.7. The molecule has 0 spiro atoms. The molecule has 4 N–H and O–H groups in total. The average molecular weight is 606 g/mol. The maximum absolute atomic E-state index is 13.6. The number of carbonyl (C=O) groups is 3. The van der Waals surface area contributed by atoms with E-state index in [0.29, 0.717) is 18.1 Å². The fourth-order valence-corrected chi connectivity index (χ4v) is 4.72. The summed E-state index contributed by atoms with van der Waals surface area (Å²) >= 11 is 6.01. The van der Waals surface area contributed by atoms with Gasteiger partial charge in [-0.05, 0) is 62.6 Å². The predicted octanol–water partition coefficient (Wildman–Crippen LogP) is 4.29. The zero-order chi connectivity index (χ0) is 30.9. The maximum atomic E-state index is 13.6. The molecule has 228 valence electrons. The molecule has 13 heteroatoms. The molecular weight excluding hydrogens is 561 g/mol. The van der Waals surface area contributed by atoms with Gasteiger partial charge in [0.25, 0.3) is 0 Å². The molecule has 0 fully saturated rings. The number of ether oxygens (including phenoxy) is 1.